The van der Waals surface area contributed by atoms with Crippen LogP contribution in [0.1, 0.15) is 26.5 Å². The van der Waals surface area contributed by atoms with Gasteiger partial charge in [0, 0.05) is 50.3 Å². The lowest BCUT2D eigenvalue weighted by atomic mass is 10.2. The lowest BCUT2D eigenvalue weighted by molar-refractivity contribution is -0.136. The van der Waals surface area contributed by atoms with Gasteiger partial charge in [-0.2, -0.15) is 0 Å². The van der Waals surface area contributed by atoms with Gasteiger partial charge >= 0.3 is 0 Å². The predicted molar refractivity (Wildman–Crippen MR) is 109 cm³/mol. The Morgan fingerprint density at radius 1 is 1.18 bits per heavy atom. The molecule has 2 saturated heterocycles. The van der Waals surface area contributed by atoms with Gasteiger partial charge in [-0.1, -0.05) is 6.07 Å². The smallest absolute Gasteiger partial charge is 0.264 e. The number of hydrogen-bond acceptors (Lipinski definition) is 7. The van der Waals surface area contributed by atoms with Crippen molar-refractivity contribution in [2.24, 2.45) is 0 Å². The number of ether oxygens (including phenoxy) is 1. The Hall–Kier alpha value is -1.81. The number of amides is 2. The van der Waals surface area contributed by atoms with Gasteiger partial charge in [-0.05, 0) is 18.4 Å². The molecule has 0 bridgehead atoms. The largest absolute Gasteiger partial charge is 0.368 e. The Balaban J connectivity index is 1.27. The van der Waals surface area contributed by atoms with Crippen molar-refractivity contribution in [1.82, 2.24) is 19.7 Å². The van der Waals surface area contributed by atoms with E-state index in [1.165, 1.54) is 11.3 Å². The average molecular weight is 421 g/mol. The van der Waals surface area contributed by atoms with Crippen LogP contribution >= 0.6 is 22.7 Å². The van der Waals surface area contributed by atoms with Crippen LogP contribution in [0.15, 0.2) is 22.9 Å². The second kappa shape index (κ2) is 8.69. The molecule has 2 amide bonds. The minimum atomic E-state index is -0.0551. The summed E-state index contributed by atoms with van der Waals surface area (Å²) in [5.74, 6) is 0.191. The van der Waals surface area contributed by atoms with E-state index in [1.807, 2.05) is 39.6 Å². The molecular formula is C19H24N4O3S2. The van der Waals surface area contributed by atoms with Crippen LogP contribution in [0.25, 0.3) is 0 Å². The molecule has 9 heteroatoms. The van der Waals surface area contributed by atoms with Crippen molar-refractivity contribution >= 4 is 34.5 Å². The summed E-state index contributed by atoms with van der Waals surface area (Å²) in [7, 11) is 0. The van der Waals surface area contributed by atoms with Crippen molar-refractivity contribution in [3.8, 4) is 0 Å². The highest BCUT2D eigenvalue weighted by atomic mass is 32.1. The number of aryl methyl sites for hydroxylation is 1. The Morgan fingerprint density at radius 3 is 2.64 bits per heavy atom. The maximum atomic E-state index is 12.7. The molecule has 28 heavy (non-hydrogen) atoms. The highest BCUT2D eigenvalue weighted by Crippen LogP contribution is 2.25. The third-order valence-electron chi connectivity index (χ3n) is 5.07. The van der Waals surface area contributed by atoms with Crippen LogP contribution in [-0.4, -0.2) is 83.9 Å². The van der Waals surface area contributed by atoms with Crippen LogP contribution in [0.5, 0.6) is 0 Å². The molecule has 150 valence electrons. The summed E-state index contributed by atoms with van der Waals surface area (Å²) in [5.41, 5.74) is 1.01. The minimum Gasteiger partial charge on any atom is -0.368 e. The molecule has 2 aliphatic rings. The molecule has 2 aromatic heterocycles. The SMILES string of the molecule is Cc1csc(C2CN(CC(=O)N3CCN(C(=O)c4cccs4)CC3)CCO2)n1. The molecule has 0 N–H and O–H groups in total. The normalized spacial score (nSPS) is 21.1. The van der Waals surface area contributed by atoms with Crippen molar-refractivity contribution in [2.45, 2.75) is 13.0 Å². The topological polar surface area (TPSA) is 66.0 Å². The Morgan fingerprint density at radius 2 is 1.96 bits per heavy atom. The van der Waals surface area contributed by atoms with Gasteiger partial charge < -0.3 is 14.5 Å². The summed E-state index contributed by atoms with van der Waals surface area (Å²) >= 11 is 3.07. The van der Waals surface area contributed by atoms with Gasteiger partial charge in [-0.3, -0.25) is 14.5 Å². The zero-order valence-corrected chi connectivity index (χ0v) is 17.5. The van der Waals surface area contributed by atoms with Gasteiger partial charge in [0.1, 0.15) is 11.1 Å². The van der Waals surface area contributed by atoms with E-state index in [-0.39, 0.29) is 17.9 Å². The number of thiazole rings is 1. The lowest BCUT2D eigenvalue weighted by Crippen LogP contribution is -2.53. The first-order chi connectivity index (χ1) is 13.6. The van der Waals surface area contributed by atoms with Crippen LogP contribution < -0.4 is 0 Å². The fraction of sp³-hybridized carbons (Fsp3) is 0.526. The van der Waals surface area contributed by atoms with Gasteiger partial charge in [-0.15, -0.1) is 22.7 Å². The number of piperazine rings is 1. The van der Waals surface area contributed by atoms with E-state index in [2.05, 4.69) is 9.88 Å². The van der Waals surface area contributed by atoms with Crippen LogP contribution in [-0.2, 0) is 9.53 Å². The number of rotatable bonds is 4. The van der Waals surface area contributed by atoms with Gasteiger partial charge in [0.05, 0.1) is 18.0 Å². The van der Waals surface area contributed by atoms with Gasteiger partial charge in [-0.25, -0.2) is 4.98 Å². The van der Waals surface area contributed by atoms with Crippen LogP contribution in [0.3, 0.4) is 0 Å². The molecule has 1 atom stereocenters. The molecule has 2 fully saturated rings. The molecule has 0 aromatic carbocycles. The first-order valence-corrected chi connectivity index (χ1v) is 11.2. The molecule has 0 spiro atoms. The summed E-state index contributed by atoms with van der Waals surface area (Å²) in [6.07, 6.45) is -0.0551. The first-order valence-electron chi connectivity index (χ1n) is 9.46. The van der Waals surface area contributed by atoms with E-state index in [4.69, 9.17) is 4.74 Å². The van der Waals surface area contributed by atoms with Gasteiger partial charge in [0.15, 0.2) is 0 Å². The quantitative estimate of drug-likeness (QED) is 0.756. The molecule has 1 unspecified atom stereocenters. The molecular weight excluding hydrogens is 396 g/mol. The van der Waals surface area contributed by atoms with E-state index < -0.39 is 0 Å². The van der Waals surface area contributed by atoms with Crippen LogP contribution in [0, 0.1) is 6.92 Å². The Bertz CT molecular complexity index is 815. The molecule has 4 rings (SSSR count). The number of aromatic nitrogens is 1. The summed E-state index contributed by atoms with van der Waals surface area (Å²) in [6.45, 7) is 6.79. The van der Waals surface area contributed by atoms with E-state index in [1.54, 1.807) is 11.3 Å². The van der Waals surface area contributed by atoms with Crippen molar-refractivity contribution in [3.63, 3.8) is 0 Å². The maximum Gasteiger partial charge on any atom is 0.264 e. The Kier molecular flexibility index (Phi) is 6.05. The number of nitrogens with zero attached hydrogens (tertiary/aromatic N) is 4. The van der Waals surface area contributed by atoms with Crippen LogP contribution in [0.4, 0.5) is 0 Å². The number of hydrogen-bond donors (Lipinski definition) is 0. The van der Waals surface area contributed by atoms with Crippen molar-refractivity contribution in [1.29, 1.82) is 0 Å². The zero-order valence-electron chi connectivity index (χ0n) is 15.9. The molecule has 7 nitrogen and oxygen atoms in total. The maximum absolute atomic E-state index is 12.7. The number of carbonyl (C=O) groups is 2. The fourth-order valence-electron chi connectivity index (χ4n) is 3.52. The molecule has 2 aromatic rings. The fourth-order valence-corrected chi connectivity index (χ4v) is 5.05. The van der Waals surface area contributed by atoms with Crippen molar-refractivity contribution in [2.75, 3.05) is 52.4 Å². The summed E-state index contributed by atoms with van der Waals surface area (Å²) < 4.78 is 5.85. The molecule has 0 radical (unpaired) electrons. The Labute approximate surface area is 172 Å². The van der Waals surface area contributed by atoms with E-state index in [9.17, 15) is 9.59 Å². The number of carbonyl (C=O) groups excluding carboxylic acids is 2. The van der Waals surface area contributed by atoms with E-state index in [0.717, 1.165) is 22.1 Å². The van der Waals surface area contributed by atoms with E-state index in [0.29, 0.717) is 45.9 Å². The van der Waals surface area contributed by atoms with Crippen molar-refractivity contribution in [3.05, 3.63) is 38.5 Å². The van der Waals surface area contributed by atoms with Crippen LogP contribution in [0.2, 0.25) is 0 Å². The molecule has 0 aliphatic carbocycles. The van der Waals surface area contributed by atoms with Gasteiger partial charge in [0.2, 0.25) is 5.91 Å². The van der Waals surface area contributed by atoms with Crippen molar-refractivity contribution < 1.29 is 14.3 Å². The highest BCUT2D eigenvalue weighted by Gasteiger charge is 2.29. The predicted octanol–water partition coefficient (Wildman–Crippen LogP) is 1.87. The third-order valence-corrected chi connectivity index (χ3v) is 6.99. The third kappa shape index (κ3) is 4.43. The number of thiophene rings is 1. The zero-order chi connectivity index (χ0) is 19.5. The molecule has 2 aliphatic heterocycles. The summed E-state index contributed by atoms with van der Waals surface area (Å²) in [6, 6.07) is 3.74. The summed E-state index contributed by atoms with van der Waals surface area (Å²) in [4.78, 5) is 36.3. The monoisotopic (exact) mass is 420 g/mol. The second-order valence-electron chi connectivity index (χ2n) is 7.07. The second-order valence-corrected chi connectivity index (χ2v) is 8.91. The molecule has 0 saturated carbocycles. The summed E-state index contributed by atoms with van der Waals surface area (Å²) in [5, 5.41) is 4.92. The molecule has 4 heterocycles. The average Bonchev–Trinajstić information content (AvgIpc) is 3.40. The standard InChI is InChI=1S/C19H24N4O3S2/c1-14-13-28-18(20-14)15-11-21(8-9-26-15)12-17(24)22-4-6-23(7-5-22)19(25)16-3-2-10-27-16/h2-3,10,13,15H,4-9,11-12H2,1H3. The van der Waals surface area contributed by atoms with E-state index >= 15 is 0 Å². The highest BCUT2D eigenvalue weighted by molar-refractivity contribution is 7.12. The lowest BCUT2D eigenvalue weighted by Gasteiger charge is -2.37. The number of morpholine rings is 1. The van der Waals surface area contributed by atoms with Gasteiger partial charge in [0.25, 0.3) is 5.91 Å². The first kappa shape index (κ1) is 19.5. The minimum absolute atomic E-state index is 0.0551.